The molecule has 0 unspecified atom stereocenters. The molecule has 18 aromatic rings. The molecule has 134 heavy (non-hydrogen) atoms. The van der Waals surface area contributed by atoms with Crippen molar-refractivity contribution in [3.8, 4) is 11.1 Å². The first-order chi connectivity index (χ1) is 64.8. The second-order valence-corrected chi connectivity index (χ2v) is 49.2. The molecule has 0 aromatic heterocycles. The Morgan fingerprint density at radius 1 is 0.179 bits per heavy atom. The molecule has 23 rings (SSSR count). The third-order valence-electron chi connectivity index (χ3n) is 28.7. The third kappa shape index (κ3) is 14.9. The van der Waals surface area contributed by atoms with Crippen LogP contribution in [0, 0.1) is 0 Å². The standard InChI is InChI=1S/C35H29N.C35H31N.C34H31NSi.C24H27NSi/c1-34(2,3)24-20-22-25(23-21-24)36-32-18-10-8-16-30(32)35(31-17-9-11-19-33(31)36)28-14-6-4-12-26(28)27-13-5-7-15-29(27)35;1-34(2,3)26-22-24-29(25-23-26)36-32-20-12-10-18-30(32)35(27-14-6-4-7-15-27,28-16-8-5-9-17-28)31-19-11-13-21-33(31)36;1-34(2,3)26-22-24-27(25-23-26)35-30-18-10-12-20-32(30)36(28-14-6-4-7-15-28,29-16-8-5-9-17-29)33-21-13-11-19-31(33)35;1-24(2,3)18-14-16-19(17-15-18)25-20-10-6-8-12-22(20)26(4,5)23-13-9-7-11-21(23)25/h4-23H,1-3H3;2*4-25H,1-3H3;6-17H,1-5H3. The van der Waals surface area contributed by atoms with Gasteiger partial charge in [-0.25, -0.2) is 0 Å². The van der Waals surface area contributed by atoms with Crippen LogP contribution in [-0.4, -0.2) is 16.1 Å². The Morgan fingerprint density at radius 3 is 0.657 bits per heavy atom. The molecule has 0 amide bonds. The Hall–Kier alpha value is -14.4. The van der Waals surface area contributed by atoms with Gasteiger partial charge >= 0.3 is 0 Å². The molecule has 18 aromatic carbocycles. The van der Waals surface area contributed by atoms with E-state index < -0.39 is 21.6 Å². The summed E-state index contributed by atoms with van der Waals surface area (Å²) in [5, 5.41) is 8.72. The van der Waals surface area contributed by atoms with Gasteiger partial charge in [-0.15, -0.1) is 0 Å². The van der Waals surface area contributed by atoms with Crippen LogP contribution < -0.4 is 50.7 Å². The quantitative estimate of drug-likeness (QED) is 0.141. The van der Waals surface area contributed by atoms with Gasteiger partial charge in [0.25, 0.3) is 0 Å². The fourth-order valence-electron chi connectivity index (χ4n) is 22.1. The van der Waals surface area contributed by atoms with Gasteiger partial charge in [0.05, 0.1) is 33.6 Å². The maximum Gasteiger partial charge on any atom is 0.184 e. The van der Waals surface area contributed by atoms with E-state index in [1.807, 2.05) is 0 Å². The first-order valence-corrected chi connectivity index (χ1v) is 52.6. The van der Waals surface area contributed by atoms with Crippen molar-refractivity contribution in [1.82, 2.24) is 0 Å². The number of hydrogen-bond donors (Lipinski definition) is 0. The van der Waals surface area contributed by atoms with Crippen LogP contribution in [0.5, 0.6) is 0 Å². The normalized spacial score (nSPS) is 14.5. The van der Waals surface area contributed by atoms with Crippen LogP contribution in [0.1, 0.15) is 150 Å². The van der Waals surface area contributed by atoms with E-state index in [1.54, 1.807) is 0 Å². The van der Waals surface area contributed by atoms with Crippen molar-refractivity contribution in [3.05, 3.63) is 528 Å². The zero-order valence-electron chi connectivity index (χ0n) is 79.7. The highest BCUT2D eigenvalue weighted by atomic mass is 28.3. The number of hydrogen-bond acceptors (Lipinski definition) is 4. The van der Waals surface area contributed by atoms with Gasteiger partial charge in [0.1, 0.15) is 8.07 Å². The van der Waals surface area contributed by atoms with Gasteiger partial charge in [-0.2, -0.15) is 0 Å². The number of fused-ring (bicyclic) bond motifs is 15. The molecule has 0 fully saturated rings. The fraction of sp³-hybridized carbons (Fsp3) is 0.156. The van der Waals surface area contributed by atoms with E-state index in [4.69, 9.17) is 0 Å². The molecule has 0 bridgehead atoms. The summed E-state index contributed by atoms with van der Waals surface area (Å²) in [6.07, 6.45) is 0. The minimum absolute atomic E-state index is 0.117. The van der Waals surface area contributed by atoms with Crippen molar-refractivity contribution in [3.63, 3.8) is 0 Å². The molecule has 0 N–H and O–H groups in total. The van der Waals surface area contributed by atoms with Crippen LogP contribution in [0.3, 0.4) is 0 Å². The first-order valence-electron chi connectivity index (χ1n) is 47.6. The second-order valence-electron chi connectivity index (χ2n) is 41.1. The van der Waals surface area contributed by atoms with Crippen LogP contribution >= 0.6 is 0 Å². The summed E-state index contributed by atoms with van der Waals surface area (Å²) in [5.41, 5.74) is 33.3. The molecule has 0 radical (unpaired) electrons. The topological polar surface area (TPSA) is 13.0 Å². The maximum absolute atomic E-state index is 2.53. The lowest BCUT2D eigenvalue weighted by Crippen LogP contribution is -2.77. The molecular formula is C128H118N4Si2. The summed E-state index contributed by atoms with van der Waals surface area (Å²) in [6.45, 7) is 32.1. The zero-order valence-corrected chi connectivity index (χ0v) is 81.7. The molecule has 0 saturated heterocycles. The van der Waals surface area contributed by atoms with Gasteiger partial charge in [-0.05, 0) is 228 Å². The summed E-state index contributed by atoms with van der Waals surface area (Å²) in [4.78, 5) is 9.79. The largest absolute Gasteiger partial charge is 0.311 e. The molecule has 4 aliphatic heterocycles. The predicted molar refractivity (Wildman–Crippen MR) is 576 cm³/mol. The van der Waals surface area contributed by atoms with Crippen molar-refractivity contribution in [1.29, 1.82) is 0 Å². The van der Waals surface area contributed by atoms with Crippen molar-refractivity contribution >= 4 is 116 Å². The van der Waals surface area contributed by atoms with Crippen molar-refractivity contribution in [2.24, 2.45) is 0 Å². The van der Waals surface area contributed by atoms with Gasteiger partial charge in [-0.3, -0.25) is 0 Å². The number of nitrogens with zero attached hydrogens (tertiary/aromatic N) is 4. The van der Waals surface area contributed by atoms with Gasteiger partial charge in [0, 0.05) is 45.5 Å². The Labute approximate surface area is 796 Å². The number of para-hydroxylation sites is 8. The Kier molecular flexibility index (Phi) is 22.6. The summed E-state index contributed by atoms with van der Waals surface area (Å²) in [5.74, 6) is 0. The highest BCUT2D eigenvalue weighted by molar-refractivity contribution is 7.21. The summed E-state index contributed by atoms with van der Waals surface area (Å²) in [6, 6.07) is 170. The second kappa shape index (κ2) is 34.6. The minimum atomic E-state index is -2.53. The third-order valence-corrected chi connectivity index (χ3v) is 37.1. The highest BCUT2D eigenvalue weighted by Crippen LogP contribution is 2.64. The SMILES string of the molecule is CC(C)(C)c1ccc(N2c3ccccc3C(c3ccccc3)(c3ccccc3)c3ccccc32)cc1.CC(C)(C)c1ccc(N2c3ccccc3C3(c4ccccc4-c4ccccc43)c3ccccc32)cc1.CC(C)(C)c1ccc(N2c3ccccc3[Si](C)(C)c3ccccc32)cc1.CC(C)(C)c1ccc(N2c3ccccc3[Si](c3ccccc3)(c3ccccc3)c3ccccc32)cc1. The molecule has 4 nitrogen and oxygen atoms in total. The Morgan fingerprint density at radius 2 is 0.381 bits per heavy atom. The van der Waals surface area contributed by atoms with E-state index in [2.05, 4.69) is 577 Å². The van der Waals surface area contributed by atoms with E-state index in [9.17, 15) is 0 Å². The van der Waals surface area contributed by atoms with Crippen LogP contribution in [-0.2, 0) is 32.5 Å². The van der Waals surface area contributed by atoms with Crippen LogP contribution in [0.2, 0.25) is 13.1 Å². The van der Waals surface area contributed by atoms with Crippen LogP contribution in [0.25, 0.3) is 11.1 Å². The minimum Gasteiger partial charge on any atom is -0.311 e. The van der Waals surface area contributed by atoms with E-state index >= 15 is 0 Å². The molecule has 658 valence electrons. The Balaban J connectivity index is 0.000000112. The number of benzene rings is 18. The van der Waals surface area contributed by atoms with Gasteiger partial charge in [0.2, 0.25) is 0 Å². The lowest BCUT2D eigenvalue weighted by Gasteiger charge is -2.46. The summed E-state index contributed by atoms with van der Waals surface area (Å²) in [7, 11) is -4.22. The fourth-order valence-corrected chi connectivity index (χ4v) is 30.2. The van der Waals surface area contributed by atoms with Crippen LogP contribution in [0.4, 0.5) is 68.2 Å². The van der Waals surface area contributed by atoms with Gasteiger partial charge in [-0.1, -0.05) is 460 Å². The molecule has 1 aliphatic carbocycles. The average molecular weight is 1770 g/mol. The van der Waals surface area contributed by atoms with Crippen molar-refractivity contribution < 1.29 is 0 Å². The smallest absolute Gasteiger partial charge is 0.184 e. The van der Waals surface area contributed by atoms with Gasteiger partial charge in [0.15, 0.2) is 8.07 Å². The molecule has 4 heterocycles. The summed E-state index contributed by atoms with van der Waals surface area (Å²) >= 11 is 0. The molecule has 6 heteroatoms. The molecule has 0 saturated carbocycles. The zero-order chi connectivity index (χ0) is 92.5. The molecule has 5 aliphatic rings. The highest BCUT2D eigenvalue weighted by Gasteiger charge is 2.53. The van der Waals surface area contributed by atoms with Gasteiger partial charge < -0.3 is 19.6 Å². The number of anilines is 12. The predicted octanol–water partition coefficient (Wildman–Crippen LogP) is 30.0. The lowest BCUT2D eigenvalue weighted by atomic mass is 9.62. The first kappa shape index (κ1) is 87.6. The van der Waals surface area contributed by atoms with E-state index in [0.717, 1.165) is 0 Å². The monoisotopic (exact) mass is 1770 g/mol. The number of rotatable bonds is 8. The molecule has 0 atom stereocenters. The van der Waals surface area contributed by atoms with E-state index in [0.29, 0.717) is 0 Å². The molecule has 1 spiro atoms. The van der Waals surface area contributed by atoms with Crippen molar-refractivity contribution in [2.45, 2.75) is 129 Å². The van der Waals surface area contributed by atoms with Crippen molar-refractivity contribution in [2.75, 3.05) is 19.6 Å². The maximum atomic E-state index is 2.47. The molecular weight excluding hydrogens is 1650 g/mol. The average Bonchev–Trinajstić information content (AvgIpc) is 1.14. The summed E-state index contributed by atoms with van der Waals surface area (Å²) < 4.78 is 0. The van der Waals surface area contributed by atoms with E-state index in [-0.39, 0.29) is 27.1 Å². The van der Waals surface area contributed by atoms with Crippen LogP contribution in [0.15, 0.2) is 461 Å². The Bertz CT molecular complexity index is 6540. The lowest BCUT2D eigenvalue weighted by molar-refractivity contribution is 0.590. The van der Waals surface area contributed by atoms with E-state index in [1.165, 1.54) is 177 Å².